The lowest BCUT2D eigenvalue weighted by Gasteiger charge is -2.23. The van der Waals surface area contributed by atoms with Gasteiger partial charge in [-0.05, 0) is 79.0 Å². The molecule has 162 valence electrons. The standard InChI is InChI=1S/C26H23ClN2O3/c1-2-13-5-7-17(32-21-12-28-20-10-16(27)6-8-19(20)29-21)11-18(13)24-25(30)22-14-3-4-15(9-14)23(22)26(24)31/h5-8,10-12,14-15,22-23,30H,2-4,9H2,1H3/t14-,15-,22+,23-/m1/s1. The molecular weight excluding hydrogens is 424 g/mol. The molecule has 5 nitrogen and oxygen atoms in total. The first-order chi connectivity index (χ1) is 15.5. The molecule has 0 radical (unpaired) electrons. The van der Waals surface area contributed by atoms with Crippen LogP contribution in [-0.4, -0.2) is 20.9 Å². The Morgan fingerprint density at radius 2 is 1.91 bits per heavy atom. The van der Waals surface area contributed by atoms with Crippen LogP contribution in [0.5, 0.6) is 11.6 Å². The summed E-state index contributed by atoms with van der Waals surface area (Å²) < 4.78 is 6.01. The van der Waals surface area contributed by atoms with Gasteiger partial charge in [-0.15, -0.1) is 0 Å². The third-order valence-electron chi connectivity index (χ3n) is 7.47. The number of nitrogens with zero attached hydrogens (tertiary/aromatic N) is 2. The van der Waals surface area contributed by atoms with Crippen LogP contribution in [0.2, 0.25) is 5.02 Å². The fraction of sp³-hybridized carbons (Fsp3) is 0.346. The highest BCUT2D eigenvalue weighted by atomic mass is 35.5. The van der Waals surface area contributed by atoms with Crippen molar-refractivity contribution in [2.24, 2.45) is 23.7 Å². The van der Waals surface area contributed by atoms with E-state index in [0.717, 1.165) is 36.8 Å². The molecule has 0 aliphatic heterocycles. The first-order valence-electron chi connectivity index (χ1n) is 11.2. The number of halogens is 1. The zero-order valence-corrected chi connectivity index (χ0v) is 18.5. The summed E-state index contributed by atoms with van der Waals surface area (Å²) >= 11 is 6.03. The fourth-order valence-electron chi connectivity index (χ4n) is 6.09. The first kappa shape index (κ1) is 19.7. The number of carbonyl (C=O) groups is 1. The summed E-state index contributed by atoms with van der Waals surface area (Å²) in [6, 6.07) is 11.0. The summed E-state index contributed by atoms with van der Waals surface area (Å²) in [6.45, 7) is 2.06. The van der Waals surface area contributed by atoms with Crippen LogP contribution in [0.25, 0.3) is 16.6 Å². The molecule has 0 unspecified atom stereocenters. The second-order valence-corrected chi connectivity index (χ2v) is 9.56. The van der Waals surface area contributed by atoms with Crippen molar-refractivity contribution in [3.8, 4) is 11.6 Å². The molecule has 1 heterocycles. The van der Waals surface area contributed by atoms with Crippen LogP contribution in [0, 0.1) is 23.7 Å². The Kier molecular flexibility index (Phi) is 4.51. The molecule has 2 bridgehead atoms. The third kappa shape index (κ3) is 2.95. The lowest BCUT2D eigenvalue weighted by atomic mass is 9.80. The predicted octanol–water partition coefficient (Wildman–Crippen LogP) is 6.15. The van der Waals surface area contributed by atoms with E-state index in [-0.39, 0.29) is 17.6 Å². The topological polar surface area (TPSA) is 72.3 Å². The molecule has 3 aromatic rings. The van der Waals surface area contributed by atoms with Crippen LogP contribution in [-0.2, 0) is 11.2 Å². The maximum atomic E-state index is 13.4. The summed E-state index contributed by atoms with van der Waals surface area (Å²) in [4.78, 5) is 22.3. The van der Waals surface area contributed by atoms with Gasteiger partial charge in [0, 0.05) is 16.9 Å². The molecule has 2 fully saturated rings. The minimum atomic E-state index is -0.0452. The number of hydrogen-bond donors (Lipinski definition) is 1. The van der Waals surface area contributed by atoms with Gasteiger partial charge in [-0.2, -0.15) is 0 Å². The first-order valence-corrected chi connectivity index (χ1v) is 11.6. The van der Waals surface area contributed by atoms with E-state index in [0.29, 0.717) is 50.9 Å². The SMILES string of the molecule is CCc1ccc(Oc2cnc3cc(Cl)ccc3n2)cc1C1=C(O)[C@H]2[C@@H]3CC[C@H](C3)[C@H]2C1=O. The van der Waals surface area contributed by atoms with Gasteiger partial charge in [0.15, 0.2) is 5.78 Å². The zero-order valence-electron chi connectivity index (χ0n) is 17.7. The van der Waals surface area contributed by atoms with Gasteiger partial charge in [-0.25, -0.2) is 9.97 Å². The number of ether oxygens (including phenoxy) is 1. The number of carbonyl (C=O) groups excluding carboxylic acids is 1. The Balaban J connectivity index is 1.37. The molecule has 0 saturated heterocycles. The van der Waals surface area contributed by atoms with Crippen LogP contribution >= 0.6 is 11.6 Å². The van der Waals surface area contributed by atoms with Gasteiger partial charge in [0.05, 0.1) is 22.8 Å². The van der Waals surface area contributed by atoms with E-state index in [2.05, 4.69) is 16.9 Å². The number of aromatic nitrogens is 2. The normalized spacial score (nSPS) is 26.2. The number of benzene rings is 2. The number of Topliss-reactive ketones (excluding diaryl/α,β-unsaturated/α-hetero) is 1. The van der Waals surface area contributed by atoms with Crippen molar-refractivity contribution >= 4 is 34.0 Å². The summed E-state index contributed by atoms with van der Waals surface area (Å²) in [5, 5.41) is 11.7. The van der Waals surface area contributed by atoms with E-state index in [1.807, 2.05) is 18.2 Å². The Bertz CT molecular complexity index is 1300. The predicted molar refractivity (Wildman–Crippen MR) is 123 cm³/mol. The minimum absolute atomic E-state index is 0.00343. The molecule has 6 rings (SSSR count). The van der Waals surface area contributed by atoms with E-state index in [1.165, 1.54) is 0 Å². The van der Waals surface area contributed by atoms with Gasteiger partial charge in [-0.1, -0.05) is 24.6 Å². The second kappa shape index (κ2) is 7.31. The zero-order chi connectivity index (χ0) is 22.0. The Labute approximate surface area is 191 Å². The molecule has 0 spiro atoms. The van der Waals surface area contributed by atoms with E-state index in [9.17, 15) is 9.90 Å². The summed E-state index contributed by atoms with van der Waals surface area (Å²) in [5.74, 6) is 2.14. The van der Waals surface area contributed by atoms with Crippen LogP contribution in [0.3, 0.4) is 0 Å². The number of aliphatic hydroxyl groups excluding tert-OH is 1. The number of allylic oxidation sites excluding steroid dienone is 2. The summed E-state index contributed by atoms with van der Waals surface area (Å²) in [7, 11) is 0. The summed E-state index contributed by atoms with van der Waals surface area (Å²) in [6.07, 6.45) is 5.62. The van der Waals surface area contributed by atoms with Crippen LogP contribution in [0.1, 0.15) is 37.3 Å². The number of ketones is 1. The Morgan fingerprint density at radius 3 is 2.69 bits per heavy atom. The van der Waals surface area contributed by atoms with Gasteiger partial charge in [-0.3, -0.25) is 4.79 Å². The monoisotopic (exact) mass is 446 g/mol. The van der Waals surface area contributed by atoms with Crippen molar-refractivity contribution in [3.63, 3.8) is 0 Å². The minimum Gasteiger partial charge on any atom is -0.511 e. The van der Waals surface area contributed by atoms with E-state index < -0.39 is 0 Å². The van der Waals surface area contributed by atoms with Crippen molar-refractivity contribution in [1.82, 2.24) is 9.97 Å². The molecule has 2 saturated carbocycles. The van der Waals surface area contributed by atoms with Crippen LogP contribution in [0.15, 0.2) is 48.4 Å². The Hall–Kier alpha value is -2.92. The Morgan fingerprint density at radius 1 is 1.09 bits per heavy atom. The molecule has 2 aromatic carbocycles. The molecule has 32 heavy (non-hydrogen) atoms. The number of aryl methyl sites for hydroxylation is 1. The maximum Gasteiger partial charge on any atom is 0.238 e. The van der Waals surface area contributed by atoms with E-state index in [1.54, 1.807) is 24.4 Å². The fourth-order valence-corrected chi connectivity index (χ4v) is 6.26. The van der Waals surface area contributed by atoms with Crippen molar-refractivity contribution in [1.29, 1.82) is 0 Å². The van der Waals surface area contributed by atoms with Crippen molar-refractivity contribution in [3.05, 3.63) is 64.5 Å². The molecule has 4 atom stereocenters. The third-order valence-corrected chi connectivity index (χ3v) is 7.71. The quantitative estimate of drug-likeness (QED) is 0.520. The van der Waals surface area contributed by atoms with Crippen LogP contribution < -0.4 is 4.74 Å². The molecular formula is C26H23ClN2O3. The van der Waals surface area contributed by atoms with Gasteiger partial charge < -0.3 is 9.84 Å². The molecule has 3 aliphatic rings. The second-order valence-electron chi connectivity index (χ2n) is 9.13. The highest BCUT2D eigenvalue weighted by molar-refractivity contribution is 6.31. The average Bonchev–Trinajstić information content (AvgIpc) is 3.47. The summed E-state index contributed by atoms with van der Waals surface area (Å²) in [5.41, 5.74) is 3.69. The van der Waals surface area contributed by atoms with Gasteiger partial charge in [0.2, 0.25) is 5.88 Å². The van der Waals surface area contributed by atoms with Gasteiger partial charge in [0.25, 0.3) is 0 Å². The van der Waals surface area contributed by atoms with Gasteiger partial charge >= 0.3 is 0 Å². The van der Waals surface area contributed by atoms with E-state index in [4.69, 9.17) is 16.3 Å². The molecule has 1 aromatic heterocycles. The number of fused-ring (bicyclic) bond motifs is 6. The largest absolute Gasteiger partial charge is 0.511 e. The highest BCUT2D eigenvalue weighted by Gasteiger charge is 2.57. The molecule has 0 amide bonds. The molecule has 3 aliphatic carbocycles. The van der Waals surface area contributed by atoms with Crippen LogP contribution in [0.4, 0.5) is 0 Å². The van der Waals surface area contributed by atoms with Crippen molar-refractivity contribution in [2.75, 3.05) is 0 Å². The lowest BCUT2D eigenvalue weighted by molar-refractivity contribution is -0.118. The number of aliphatic hydroxyl groups is 1. The van der Waals surface area contributed by atoms with Crippen molar-refractivity contribution in [2.45, 2.75) is 32.6 Å². The van der Waals surface area contributed by atoms with Crippen molar-refractivity contribution < 1.29 is 14.6 Å². The lowest BCUT2D eigenvalue weighted by Crippen LogP contribution is -2.24. The number of hydrogen-bond acceptors (Lipinski definition) is 5. The molecule has 6 heteroatoms. The average molecular weight is 447 g/mol. The number of rotatable bonds is 4. The maximum absolute atomic E-state index is 13.4. The van der Waals surface area contributed by atoms with Gasteiger partial charge in [0.1, 0.15) is 11.5 Å². The molecule has 1 N–H and O–H groups in total. The highest BCUT2D eigenvalue weighted by Crippen LogP contribution is 2.60. The van der Waals surface area contributed by atoms with E-state index >= 15 is 0 Å². The smallest absolute Gasteiger partial charge is 0.238 e.